The molecule has 1 fully saturated rings. The molecule has 120 valence electrons. The van der Waals surface area contributed by atoms with E-state index in [0.29, 0.717) is 12.0 Å². The Morgan fingerprint density at radius 1 is 1.23 bits per heavy atom. The Labute approximate surface area is 133 Å². The van der Waals surface area contributed by atoms with Crippen molar-refractivity contribution < 1.29 is 9.90 Å². The van der Waals surface area contributed by atoms with E-state index in [1.165, 1.54) is 5.56 Å². The molecule has 0 atom stereocenters. The number of aryl methyl sites for hydroxylation is 1. The number of carbonyl (C=O) groups is 1. The zero-order valence-corrected chi connectivity index (χ0v) is 13.9. The smallest absolute Gasteiger partial charge is 0.249 e. The molecule has 0 bridgehead atoms. The summed E-state index contributed by atoms with van der Waals surface area (Å²) < 4.78 is 0. The second kappa shape index (κ2) is 7.59. The van der Waals surface area contributed by atoms with Crippen molar-refractivity contribution in [3.63, 3.8) is 0 Å². The first kappa shape index (κ1) is 16.8. The van der Waals surface area contributed by atoms with Gasteiger partial charge in [0.25, 0.3) is 0 Å². The first-order valence-corrected chi connectivity index (χ1v) is 8.14. The molecule has 0 aliphatic heterocycles. The third kappa shape index (κ3) is 4.20. The van der Waals surface area contributed by atoms with Gasteiger partial charge in [-0.1, -0.05) is 29.8 Å². The van der Waals surface area contributed by atoms with Gasteiger partial charge in [-0.2, -0.15) is 0 Å². The van der Waals surface area contributed by atoms with E-state index in [0.717, 1.165) is 36.8 Å². The molecule has 3 nitrogen and oxygen atoms in total. The maximum Gasteiger partial charge on any atom is 0.249 e. The van der Waals surface area contributed by atoms with Crippen LogP contribution in [-0.4, -0.2) is 35.6 Å². The highest BCUT2D eigenvalue weighted by Gasteiger charge is 2.26. The third-order valence-corrected chi connectivity index (χ3v) is 4.74. The van der Waals surface area contributed by atoms with Gasteiger partial charge in [0.15, 0.2) is 0 Å². The fourth-order valence-electron chi connectivity index (χ4n) is 3.13. The van der Waals surface area contributed by atoms with Crippen molar-refractivity contribution in [1.82, 2.24) is 4.90 Å². The lowest BCUT2D eigenvalue weighted by Crippen LogP contribution is -2.40. The van der Waals surface area contributed by atoms with Gasteiger partial charge in [0.2, 0.25) is 5.91 Å². The molecule has 2 rings (SSSR count). The number of amides is 1. The van der Waals surface area contributed by atoms with Crippen LogP contribution in [0.15, 0.2) is 29.8 Å². The van der Waals surface area contributed by atoms with Crippen LogP contribution in [0.3, 0.4) is 0 Å². The number of benzene rings is 1. The van der Waals surface area contributed by atoms with Gasteiger partial charge in [-0.3, -0.25) is 4.79 Å². The number of rotatable bonds is 4. The van der Waals surface area contributed by atoms with Gasteiger partial charge in [-0.05, 0) is 57.1 Å². The third-order valence-electron chi connectivity index (χ3n) is 4.74. The summed E-state index contributed by atoms with van der Waals surface area (Å²) in [6, 6.07) is 8.50. The largest absolute Gasteiger partial charge is 0.396 e. The molecular weight excluding hydrogens is 274 g/mol. The summed E-state index contributed by atoms with van der Waals surface area (Å²) in [6.45, 7) is 4.22. The van der Waals surface area contributed by atoms with Crippen molar-refractivity contribution in [1.29, 1.82) is 0 Å². The second-order valence-corrected chi connectivity index (χ2v) is 6.51. The molecule has 0 heterocycles. The van der Waals surface area contributed by atoms with Crippen LogP contribution in [0.4, 0.5) is 0 Å². The Hall–Kier alpha value is -1.61. The van der Waals surface area contributed by atoms with Gasteiger partial charge in [-0.15, -0.1) is 0 Å². The average molecular weight is 301 g/mol. The topological polar surface area (TPSA) is 40.5 Å². The lowest BCUT2D eigenvalue weighted by atomic mass is 9.86. The van der Waals surface area contributed by atoms with E-state index in [2.05, 4.69) is 19.1 Å². The minimum atomic E-state index is 0.105. The lowest BCUT2D eigenvalue weighted by molar-refractivity contribution is -0.128. The van der Waals surface area contributed by atoms with Gasteiger partial charge in [0.1, 0.15) is 0 Å². The molecule has 1 amide bonds. The molecule has 3 heteroatoms. The Bertz CT molecular complexity index is 525. The van der Waals surface area contributed by atoms with Crippen molar-refractivity contribution >= 4 is 12.0 Å². The standard InChI is InChI=1S/C19H27NO2/c1-14-4-6-16(7-5-14)12-15(2)19(22)20(3)18-10-8-17(13-21)9-11-18/h4-7,12,17-18,21H,8-11,13H2,1-3H3/b15-12+. The van der Waals surface area contributed by atoms with Crippen LogP contribution in [0.2, 0.25) is 0 Å². The molecule has 0 saturated heterocycles. The van der Waals surface area contributed by atoms with Crippen LogP contribution < -0.4 is 0 Å². The van der Waals surface area contributed by atoms with Crippen molar-refractivity contribution in [3.8, 4) is 0 Å². The number of nitrogens with zero attached hydrogens (tertiary/aromatic N) is 1. The summed E-state index contributed by atoms with van der Waals surface area (Å²) in [5.41, 5.74) is 3.06. The first-order valence-electron chi connectivity index (χ1n) is 8.14. The summed E-state index contributed by atoms with van der Waals surface area (Å²) in [5.74, 6) is 0.525. The number of carbonyl (C=O) groups excluding carboxylic acids is 1. The highest BCUT2D eigenvalue weighted by Crippen LogP contribution is 2.27. The number of likely N-dealkylation sites (N-methyl/N-ethyl adjacent to an activating group) is 1. The van der Waals surface area contributed by atoms with Gasteiger partial charge >= 0.3 is 0 Å². The highest BCUT2D eigenvalue weighted by molar-refractivity contribution is 5.97. The SMILES string of the molecule is C/C(=C\c1ccc(C)cc1)C(=O)N(C)C1CCC(CO)CC1. The highest BCUT2D eigenvalue weighted by atomic mass is 16.3. The normalized spacial score (nSPS) is 22.5. The second-order valence-electron chi connectivity index (χ2n) is 6.51. The molecular formula is C19H27NO2. The van der Waals surface area contributed by atoms with E-state index < -0.39 is 0 Å². The number of hydrogen-bond acceptors (Lipinski definition) is 2. The molecule has 1 N–H and O–H groups in total. The molecule has 1 saturated carbocycles. The van der Waals surface area contributed by atoms with Crippen molar-refractivity contribution in [3.05, 3.63) is 41.0 Å². The first-order chi connectivity index (χ1) is 10.5. The fraction of sp³-hybridized carbons (Fsp3) is 0.526. The summed E-state index contributed by atoms with van der Waals surface area (Å²) in [7, 11) is 1.90. The fourth-order valence-corrected chi connectivity index (χ4v) is 3.13. The van der Waals surface area contributed by atoms with Crippen LogP contribution in [0, 0.1) is 12.8 Å². The minimum absolute atomic E-state index is 0.105. The summed E-state index contributed by atoms with van der Waals surface area (Å²) in [6.07, 6.45) is 5.97. The molecule has 0 unspecified atom stereocenters. The Morgan fingerprint density at radius 2 is 1.82 bits per heavy atom. The quantitative estimate of drug-likeness (QED) is 0.866. The van der Waals surface area contributed by atoms with Gasteiger partial charge in [0.05, 0.1) is 0 Å². The van der Waals surface area contributed by atoms with Gasteiger partial charge in [0, 0.05) is 25.3 Å². The van der Waals surface area contributed by atoms with E-state index in [1.54, 1.807) is 0 Å². The molecule has 1 aliphatic rings. The maximum atomic E-state index is 12.6. The molecule has 1 aromatic rings. The van der Waals surface area contributed by atoms with E-state index in [-0.39, 0.29) is 12.5 Å². The van der Waals surface area contributed by atoms with E-state index >= 15 is 0 Å². The summed E-state index contributed by atoms with van der Waals surface area (Å²) in [4.78, 5) is 14.5. The van der Waals surface area contributed by atoms with Crippen molar-refractivity contribution in [2.24, 2.45) is 5.92 Å². The predicted octanol–water partition coefficient (Wildman–Crippen LogP) is 3.41. The van der Waals surface area contributed by atoms with E-state index in [1.807, 2.05) is 37.1 Å². The molecule has 22 heavy (non-hydrogen) atoms. The maximum absolute atomic E-state index is 12.6. The van der Waals surface area contributed by atoms with Crippen molar-refractivity contribution in [2.45, 2.75) is 45.6 Å². The molecule has 0 radical (unpaired) electrons. The number of aliphatic hydroxyl groups is 1. The van der Waals surface area contributed by atoms with Gasteiger partial charge < -0.3 is 10.0 Å². The molecule has 0 spiro atoms. The zero-order chi connectivity index (χ0) is 16.1. The van der Waals surface area contributed by atoms with Crippen LogP contribution >= 0.6 is 0 Å². The molecule has 0 aromatic heterocycles. The summed E-state index contributed by atoms with van der Waals surface area (Å²) >= 11 is 0. The van der Waals surface area contributed by atoms with Gasteiger partial charge in [-0.25, -0.2) is 0 Å². The van der Waals surface area contributed by atoms with Crippen molar-refractivity contribution in [2.75, 3.05) is 13.7 Å². The lowest BCUT2D eigenvalue weighted by Gasteiger charge is -2.34. The Kier molecular flexibility index (Phi) is 5.78. The number of hydrogen-bond donors (Lipinski definition) is 1. The molecule has 1 aromatic carbocycles. The minimum Gasteiger partial charge on any atom is -0.396 e. The Balaban J connectivity index is 1.99. The van der Waals surface area contributed by atoms with Crippen LogP contribution in [0.25, 0.3) is 6.08 Å². The Morgan fingerprint density at radius 3 is 2.36 bits per heavy atom. The predicted molar refractivity (Wildman–Crippen MR) is 90.4 cm³/mol. The molecule has 1 aliphatic carbocycles. The van der Waals surface area contributed by atoms with Crippen LogP contribution in [0.1, 0.15) is 43.7 Å². The summed E-state index contributed by atoms with van der Waals surface area (Å²) in [5, 5.41) is 9.21. The number of aliphatic hydroxyl groups excluding tert-OH is 1. The van der Waals surface area contributed by atoms with E-state index in [9.17, 15) is 9.90 Å². The van der Waals surface area contributed by atoms with E-state index in [4.69, 9.17) is 0 Å². The van der Waals surface area contributed by atoms with Crippen LogP contribution in [0.5, 0.6) is 0 Å². The van der Waals surface area contributed by atoms with Crippen LogP contribution in [-0.2, 0) is 4.79 Å². The monoisotopic (exact) mass is 301 g/mol. The zero-order valence-electron chi connectivity index (χ0n) is 13.9. The average Bonchev–Trinajstić information content (AvgIpc) is 2.55.